The number of hydrogen-bond acceptors (Lipinski definition) is 1. The van der Waals surface area contributed by atoms with Gasteiger partial charge in [-0.3, -0.25) is 4.99 Å². The summed E-state index contributed by atoms with van der Waals surface area (Å²) in [6, 6.07) is 6.36. The Morgan fingerprint density at radius 3 is 2.39 bits per heavy atom. The molecule has 92 valence electrons. The van der Waals surface area contributed by atoms with Crippen molar-refractivity contribution >= 4 is 11.9 Å². The maximum absolute atomic E-state index is 13.2. The van der Waals surface area contributed by atoms with Crippen LogP contribution in [0, 0.1) is 23.3 Å². The molecule has 2 rings (SSSR count). The van der Waals surface area contributed by atoms with E-state index >= 15 is 0 Å². The molecule has 0 saturated carbocycles. The van der Waals surface area contributed by atoms with E-state index in [-0.39, 0.29) is 11.3 Å². The summed E-state index contributed by atoms with van der Waals surface area (Å²) in [7, 11) is 0. The summed E-state index contributed by atoms with van der Waals surface area (Å²) >= 11 is 0. The van der Waals surface area contributed by atoms with Gasteiger partial charge < -0.3 is 0 Å². The lowest BCUT2D eigenvalue weighted by Gasteiger charge is -1.98. The molecule has 18 heavy (non-hydrogen) atoms. The minimum Gasteiger partial charge on any atom is -0.253 e. The molecule has 0 unspecified atom stereocenters. The Hall–Kier alpha value is -2.17. The Bertz CT molecular complexity index is 608. The number of hydrogen-bond donors (Lipinski definition) is 0. The second-order valence-electron chi connectivity index (χ2n) is 3.50. The molecule has 0 aromatic heterocycles. The molecule has 0 radical (unpaired) electrons. The molecule has 0 atom stereocenters. The summed E-state index contributed by atoms with van der Waals surface area (Å²) in [5, 5.41) is 0. The first kappa shape index (κ1) is 12.3. The standard InChI is InChI=1S/C13H7F4N/c14-9-4-5-12(11(16)6-9)18-7-8-2-1-3-10(15)13(8)17/h1-7H. The average Bonchev–Trinajstić information content (AvgIpc) is 2.33. The van der Waals surface area contributed by atoms with Crippen LogP contribution in [-0.4, -0.2) is 6.21 Å². The fraction of sp³-hybridized carbons (Fsp3) is 0. The van der Waals surface area contributed by atoms with Crippen molar-refractivity contribution in [3.63, 3.8) is 0 Å². The van der Waals surface area contributed by atoms with E-state index in [4.69, 9.17) is 0 Å². The third kappa shape index (κ3) is 2.56. The highest BCUT2D eigenvalue weighted by molar-refractivity contribution is 5.82. The highest BCUT2D eigenvalue weighted by Crippen LogP contribution is 2.18. The van der Waals surface area contributed by atoms with E-state index in [0.29, 0.717) is 6.07 Å². The highest BCUT2D eigenvalue weighted by atomic mass is 19.2. The third-order valence-corrected chi connectivity index (χ3v) is 2.23. The van der Waals surface area contributed by atoms with Gasteiger partial charge in [0.2, 0.25) is 0 Å². The number of halogens is 4. The van der Waals surface area contributed by atoms with Crippen molar-refractivity contribution in [1.29, 1.82) is 0 Å². The van der Waals surface area contributed by atoms with Crippen LogP contribution in [0.25, 0.3) is 0 Å². The van der Waals surface area contributed by atoms with Gasteiger partial charge in [-0.1, -0.05) is 12.1 Å². The van der Waals surface area contributed by atoms with Gasteiger partial charge in [-0.15, -0.1) is 0 Å². The molecule has 0 bridgehead atoms. The van der Waals surface area contributed by atoms with Crippen LogP contribution in [0.15, 0.2) is 41.4 Å². The van der Waals surface area contributed by atoms with Crippen molar-refractivity contribution in [2.45, 2.75) is 0 Å². The lowest BCUT2D eigenvalue weighted by atomic mass is 10.2. The zero-order valence-electron chi connectivity index (χ0n) is 9.00. The normalized spacial score (nSPS) is 11.1. The minimum absolute atomic E-state index is 0.112. The van der Waals surface area contributed by atoms with E-state index in [2.05, 4.69) is 4.99 Å². The van der Waals surface area contributed by atoms with Crippen molar-refractivity contribution in [3.8, 4) is 0 Å². The molecule has 2 aromatic rings. The van der Waals surface area contributed by atoms with Crippen LogP contribution in [0.4, 0.5) is 23.2 Å². The summed E-state index contributed by atoms with van der Waals surface area (Å²) < 4.78 is 52.0. The predicted octanol–water partition coefficient (Wildman–Crippen LogP) is 3.99. The highest BCUT2D eigenvalue weighted by Gasteiger charge is 2.06. The number of nitrogens with zero attached hydrogens (tertiary/aromatic N) is 1. The van der Waals surface area contributed by atoms with Gasteiger partial charge in [0.05, 0.1) is 5.69 Å². The van der Waals surface area contributed by atoms with Crippen LogP contribution in [0.1, 0.15) is 5.56 Å². The molecular formula is C13H7F4N. The van der Waals surface area contributed by atoms with Gasteiger partial charge in [0, 0.05) is 17.8 Å². The summed E-state index contributed by atoms with van der Waals surface area (Å²) in [5.41, 5.74) is -0.265. The quantitative estimate of drug-likeness (QED) is 0.566. The van der Waals surface area contributed by atoms with Gasteiger partial charge in [-0.2, -0.15) is 0 Å². The van der Waals surface area contributed by atoms with Gasteiger partial charge in [-0.25, -0.2) is 17.6 Å². The molecule has 0 spiro atoms. The maximum atomic E-state index is 13.2. The molecule has 0 heterocycles. The van der Waals surface area contributed by atoms with Crippen LogP contribution >= 0.6 is 0 Å². The van der Waals surface area contributed by atoms with Crippen LogP contribution in [0.3, 0.4) is 0 Å². The fourth-order valence-corrected chi connectivity index (χ4v) is 1.35. The number of benzene rings is 2. The second-order valence-corrected chi connectivity index (χ2v) is 3.50. The van der Waals surface area contributed by atoms with E-state index in [1.807, 2.05) is 0 Å². The van der Waals surface area contributed by atoms with E-state index in [1.165, 1.54) is 12.1 Å². The monoisotopic (exact) mass is 253 g/mol. The Morgan fingerprint density at radius 2 is 1.67 bits per heavy atom. The molecular weight excluding hydrogens is 246 g/mol. The topological polar surface area (TPSA) is 12.4 Å². The minimum atomic E-state index is -1.07. The first-order chi connectivity index (χ1) is 8.58. The molecule has 0 N–H and O–H groups in total. The Labute approximate surface area is 100 Å². The molecule has 5 heteroatoms. The number of aliphatic imine (C=N–C) groups is 1. The second kappa shape index (κ2) is 5.00. The van der Waals surface area contributed by atoms with Gasteiger partial charge in [0.1, 0.15) is 5.82 Å². The van der Waals surface area contributed by atoms with Crippen molar-refractivity contribution in [3.05, 3.63) is 65.2 Å². The lowest BCUT2D eigenvalue weighted by Crippen LogP contribution is -1.92. The summed E-state index contributed by atoms with van der Waals surface area (Å²) in [5.74, 6) is -3.69. The van der Waals surface area contributed by atoms with Crippen molar-refractivity contribution in [1.82, 2.24) is 0 Å². The first-order valence-corrected chi connectivity index (χ1v) is 5.01. The van der Waals surface area contributed by atoms with E-state index in [9.17, 15) is 17.6 Å². The Kier molecular flexibility index (Phi) is 3.41. The molecule has 0 aliphatic carbocycles. The van der Waals surface area contributed by atoms with E-state index in [0.717, 1.165) is 24.4 Å². The lowest BCUT2D eigenvalue weighted by molar-refractivity contribution is 0.507. The largest absolute Gasteiger partial charge is 0.253 e. The Morgan fingerprint density at radius 1 is 0.889 bits per heavy atom. The third-order valence-electron chi connectivity index (χ3n) is 2.23. The molecule has 2 aromatic carbocycles. The van der Waals surface area contributed by atoms with Crippen molar-refractivity contribution < 1.29 is 17.6 Å². The van der Waals surface area contributed by atoms with Crippen LogP contribution in [-0.2, 0) is 0 Å². The van der Waals surface area contributed by atoms with E-state index in [1.54, 1.807) is 0 Å². The van der Waals surface area contributed by atoms with Gasteiger partial charge >= 0.3 is 0 Å². The van der Waals surface area contributed by atoms with Gasteiger partial charge in [0.25, 0.3) is 0 Å². The van der Waals surface area contributed by atoms with Crippen LogP contribution in [0.2, 0.25) is 0 Å². The fourth-order valence-electron chi connectivity index (χ4n) is 1.35. The summed E-state index contributed by atoms with van der Waals surface area (Å²) in [4.78, 5) is 3.65. The van der Waals surface area contributed by atoms with Crippen LogP contribution < -0.4 is 0 Å². The molecule has 0 aliphatic rings. The predicted molar refractivity (Wildman–Crippen MR) is 60.0 cm³/mol. The smallest absolute Gasteiger partial charge is 0.167 e. The zero-order valence-corrected chi connectivity index (χ0v) is 9.00. The maximum Gasteiger partial charge on any atom is 0.167 e. The SMILES string of the molecule is Fc1ccc(N=Cc2cccc(F)c2F)c(F)c1. The first-order valence-electron chi connectivity index (χ1n) is 5.01. The molecule has 0 amide bonds. The van der Waals surface area contributed by atoms with Gasteiger partial charge in [0.15, 0.2) is 17.5 Å². The number of rotatable bonds is 2. The molecule has 0 aliphatic heterocycles. The van der Waals surface area contributed by atoms with Crippen molar-refractivity contribution in [2.75, 3.05) is 0 Å². The summed E-state index contributed by atoms with van der Waals surface area (Å²) in [6.45, 7) is 0. The average molecular weight is 253 g/mol. The van der Waals surface area contributed by atoms with Gasteiger partial charge in [-0.05, 0) is 18.2 Å². The zero-order chi connectivity index (χ0) is 13.1. The Balaban J connectivity index is 2.33. The van der Waals surface area contributed by atoms with E-state index < -0.39 is 23.3 Å². The molecule has 0 saturated heterocycles. The van der Waals surface area contributed by atoms with Crippen LogP contribution in [0.5, 0.6) is 0 Å². The summed E-state index contributed by atoms with van der Waals surface area (Å²) in [6.07, 6.45) is 0.981. The molecule has 1 nitrogen and oxygen atoms in total. The van der Waals surface area contributed by atoms with Crippen molar-refractivity contribution in [2.24, 2.45) is 4.99 Å². The molecule has 0 fully saturated rings.